The number of rotatable bonds is 6. The highest BCUT2D eigenvalue weighted by Gasteiger charge is 2.31. The van der Waals surface area contributed by atoms with Crippen molar-refractivity contribution < 1.29 is 4.79 Å². The van der Waals surface area contributed by atoms with Crippen molar-refractivity contribution in [3.63, 3.8) is 0 Å². The van der Waals surface area contributed by atoms with Gasteiger partial charge in [-0.2, -0.15) is 0 Å². The second-order valence-corrected chi connectivity index (χ2v) is 6.53. The number of nitrogens with two attached hydrogens (primary N) is 1. The van der Waals surface area contributed by atoms with Crippen molar-refractivity contribution in [1.29, 1.82) is 0 Å². The minimum Gasteiger partial charge on any atom is -0.399 e. The van der Waals surface area contributed by atoms with Crippen LogP contribution in [0, 0.1) is 0 Å². The van der Waals surface area contributed by atoms with Crippen molar-refractivity contribution in [1.82, 2.24) is 5.32 Å². The van der Waals surface area contributed by atoms with E-state index in [1.165, 1.54) is 5.56 Å². The molecule has 122 valence electrons. The summed E-state index contributed by atoms with van der Waals surface area (Å²) in [6.45, 7) is 6.47. The van der Waals surface area contributed by atoms with Crippen LogP contribution in [0.5, 0.6) is 0 Å². The number of amides is 1. The van der Waals surface area contributed by atoms with E-state index in [2.05, 4.69) is 38.2 Å². The summed E-state index contributed by atoms with van der Waals surface area (Å²) in [6.07, 6.45) is 1.26. The van der Waals surface area contributed by atoms with Gasteiger partial charge in [0.15, 0.2) is 0 Å². The van der Waals surface area contributed by atoms with Crippen molar-refractivity contribution in [2.75, 3.05) is 5.73 Å². The minimum absolute atomic E-state index is 0.0469. The summed E-state index contributed by atoms with van der Waals surface area (Å²) in [7, 11) is 0. The highest BCUT2D eigenvalue weighted by molar-refractivity contribution is 5.79. The zero-order chi connectivity index (χ0) is 16.9. The molecule has 0 fully saturated rings. The fourth-order valence-corrected chi connectivity index (χ4v) is 2.93. The zero-order valence-corrected chi connectivity index (χ0v) is 14.2. The van der Waals surface area contributed by atoms with Gasteiger partial charge in [0.25, 0.3) is 0 Å². The standard InChI is InChI=1S/C20H26N2O/c1-4-18(20(2,3)16-8-6-5-7-9-16)22-19(23)14-15-10-12-17(21)13-11-15/h5-13,18H,4,14,21H2,1-3H3,(H,22,23). The maximum Gasteiger partial charge on any atom is 0.224 e. The van der Waals surface area contributed by atoms with E-state index >= 15 is 0 Å². The van der Waals surface area contributed by atoms with Crippen LogP contribution in [-0.2, 0) is 16.6 Å². The monoisotopic (exact) mass is 310 g/mol. The van der Waals surface area contributed by atoms with E-state index in [4.69, 9.17) is 5.73 Å². The average molecular weight is 310 g/mol. The smallest absolute Gasteiger partial charge is 0.224 e. The van der Waals surface area contributed by atoms with Gasteiger partial charge in [-0.05, 0) is 29.7 Å². The van der Waals surface area contributed by atoms with Gasteiger partial charge < -0.3 is 11.1 Å². The molecule has 0 aliphatic rings. The van der Waals surface area contributed by atoms with Gasteiger partial charge in [-0.15, -0.1) is 0 Å². The Hall–Kier alpha value is -2.29. The van der Waals surface area contributed by atoms with Crippen LogP contribution in [-0.4, -0.2) is 11.9 Å². The third-order valence-corrected chi connectivity index (χ3v) is 4.48. The molecular formula is C20H26N2O. The largest absolute Gasteiger partial charge is 0.399 e. The Kier molecular flexibility index (Phi) is 5.43. The van der Waals surface area contributed by atoms with E-state index in [9.17, 15) is 4.79 Å². The molecule has 0 aliphatic carbocycles. The number of hydrogen-bond donors (Lipinski definition) is 2. The first kappa shape index (κ1) is 17.1. The SMILES string of the molecule is CCC(NC(=O)Cc1ccc(N)cc1)C(C)(C)c1ccccc1. The number of nitrogens with one attached hydrogen (secondary N) is 1. The molecule has 0 aliphatic heterocycles. The molecule has 0 bridgehead atoms. The van der Waals surface area contributed by atoms with Gasteiger partial charge in [0.1, 0.15) is 0 Å². The number of benzene rings is 2. The molecule has 0 saturated heterocycles. The van der Waals surface area contributed by atoms with Crippen LogP contribution in [0.4, 0.5) is 5.69 Å². The molecule has 23 heavy (non-hydrogen) atoms. The van der Waals surface area contributed by atoms with Gasteiger partial charge in [0.2, 0.25) is 5.91 Å². The molecule has 3 nitrogen and oxygen atoms in total. The molecule has 2 rings (SSSR count). The van der Waals surface area contributed by atoms with Crippen LogP contribution < -0.4 is 11.1 Å². The van der Waals surface area contributed by atoms with Crippen LogP contribution in [0.1, 0.15) is 38.3 Å². The zero-order valence-electron chi connectivity index (χ0n) is 14.2. The van der Waals surface area contributed by atoms with Gasteiger partial charge in [-0.1, -0.05) is 63.2 Å². The predicted molar refractivity (Wildman–Crippen MR) is 96.2 cm³/mol. The van der Waals surface area contributed by atoms with Crippen LogP contribution in [0.15, 0.2) is 54.6 Å². The van der Waals surface area contributed by atoms with E-state index < -0.39 is 0 Å². The Bertz CT molecular complexity index is 632. The quantitative estimate of drug-likeness (QED) is 0.800. The molecule has 0 aromatic heterocycles. The lowest BCUT2D eigenvalue weighted by Crippen LogP contribution is -2.47. The van der Waals surface area contributed by atoms with Crippen molar-refractivity contribution in [2.45, 2.75) is 45.1 Å². The van der Waals surface area contributed by atoms with Crippen molar-refractivity contribution in [3.05, 3.63) is 65.7 Å². The highest BCUT2D eigenvalue weighted by atomic mass is 16.1. The van der Waals surface area contributed by atoms with E-state index in [-0.39, 0.29) is 17.4 Å². The fraction of sp³-hybridized carbons (Fsp3) is 0.350. The first-order valence-corrected chi connectivity index (χ1v) is 8.12. The molecule has 0 radical (unpaired) electrons. The van der Waals surface area contributed by atoms with E-state index in [0.717, 1.165) is 12.0 Å². The number of carbonyl (C=O) groups is 1. The molecular weight excluding hydrogens is 284 g/mol. The molecule has 1 atom stereocenters. The topological polar surface area (TPSA) is 55.1 Å². The van der Waals surface area contributed by atoms with Crippen LogP contribution >= 0.6 is 0 Å². The normalized spacial score (nSPS) is 12.7. The van der Waals surface area contributed by atoms with Gasteiger partial charge in [0, 0.05) is 17.1 Å². The average Bonchev–Trinajstić information content (AvgIpc) is 2.55. The molecule has 0 saturated carbocycles. The lowest BCUT2D eigenvalue weighted by atomic mass is 9.76. The Labute approximate surface area is 138 Å². The molecule has 0 heterocycles. The Morgan fingerprint density at radius 1 is 1.09 bits per heavy atom. The summed E-state index contributed by atoms with van der Waals surface area (Å²) in [4.78, 5) is 12.4. The van der Waals surface area contributed by atoms with Crippen LogP contribution in [0.3, 0.4) is 0 Å². The van der Waals surface area contributed by atoms with Gasteiger partial charge >= 0.3 is 0 Å². The lowest BCUT2D eigenvalue weighted by molar-refractivity contribution is -0.121. The van der Waals surface area contributed by atoms with E-state index in [1.807, 2.05) is 42.5 Å². The Morgan fingerprint density at radius 2 is 1.70 bits per heavy atom. The number of carbonyl (C=O) groups excluding carboxylic acids is 1. The third kappa shape index (κ3) is 4.35. The van der Waals surface area contributed by atoms with Gasteiger partial charge in [0.05, 0.1) is 6.42 Å². The second-order valence-electron chi connectivity index (χ2n) is 6.53. The molecule has 0 spiro atoms. The van der Waals surface area contributed by atoms with Crippen molar-refractivity contribution in [3.8, 4) is 0 Å². The highest BCUT2D eigenvalue weighted by Crippen LogP contribution is 2.28. The number of anilines is 1. The Morgan fingerprint density at radius 3 is 2.26 bits per heavy atom. The van der Waals surface area contributed by atoms with Crippen molar-refractivity contribution in [2.24, 2.45) is 0 Å². The maximum atomic E-state index is 12.4. The summed E-state index contributed by atoms with van der Waals surface area (Å²) < 4.78 is 0. The number of hydrogen-bond acceptors (Lipinski definition) is 2. The van der Waals surface area contributed by atoms with Crippen LogP contribution in [0.2, 0.25) is 0 Å². The third-order valence-electron chi connectivity index (χ3n) is 4.48. The lowest BCUT2D eigenvalue weighted by Gasteiger charge is -2.35. The minimum atomic E-state index is -0.118. The van der Waals surface area contributed by atoms with Gasteiger partial charge in [-0.3, -0.25) is 4.79 Å². The molecule has 3 N–H and O–H groups in total. The predicted octanol–water partition coefficient (Wildman–Crippen LogP) is 3.68. The van der Waals surface area contributed by atoms with E-state index in [0.29, 0.717) is 12.1 Å². The summed E-state index contributed by atoms with van der Waals surface area (Å²) in [6, 6.07) is 17.9. The maximum absolute atomic E-state index is 12.4. The van der Waals surface area contributed by atoms with E-state index in [1.54, 1.807) is 0 Å². The van der Waals surface area contributed by atoms with Crippen LogP contribution in [0.25, 0.3) is 0 Å². The number of nitrogen functional groups attached to an aromatic ring is 1. The molecule has 1 unspecified atom stereocenters. The molecule has 2 aromatic carbocycles. The summed E-state index contributed by atoms with van der Waals surface area (Å²) >= 11 is 0. The van der Waals surface area contributed by atoms with Gasteiger partial charge in [-0.25, -0.2) is 0 Å². The molecule has 3 heteroatoms. The molecule has 2 aromatic rings. The second kappa shape index (κ2) is 7.32. The van der Waals surface area contributed by atoms with Crippen molar-refractivity contribution >= 4 is 11.6 Å². The molecule has 1 amide bonds. The Balaban J connectivity index is 2.06. The summed E-state index contributed by atoms with van der Waals surface area (Å²) in [5.41, 5.74) is 8.49. The fourth-order valence-electron chi connectivity index (χ4n) is 2.93. The summed E-state index contributed by atoms with van der Waals surface area (Å²) in [5, 5.41) is 3.20. The first-order valence-electron chi connectivity index (χ1n) is 8.12. The first-order chi connectivity index (χ1) is 10.9. The summed E-state index contributed by atoms with van der Waals surface area (Å²) in [5.74, 6) is 0.0469.